The van der Waals surface area contributed by atoms with Crippen molar-refractivity contribution in [2.75, 3.05) is 0 Å². The standard InChI is InChI=1S/C23H24N2O4/c1-16(2)22(24-21(26)13-17-9-5-3-6-10-17)23(27)28-15-19-14-20(29-25-19)18-11-7-4-8-12-18/h3-12,14,16,22H,13,15H2,1-2H3,(H,24,26)/t22-/m1/s1. The first kappa shape index (κ1) is 20.3. The van der Waals surface area contributed by atoms with Gasteiger partial charge in [0.1, 0.15) is 18.3 Å². The third-order valence-corrected chi connectivity index (χ3v) is 4.42. The summed E-state index contributed by atoms with van der Waals surface area (Å²) in [6.07, 6.45) is 0.209. The van der Waals surface area contributed by atoms with Crippen LogP contribution in [0.5, 0.6) is 0 Å². The van der Waals surface area contributed by atoms with Gasteiger partial charge in [0.2, 0.25) is 5.91 Å². The van der Waals surface area contributed by atoms with Gasteiger partial charge in [-0.15, -0.1) is 0 Å². The Labute approximate surface area is 169 Å². The molecular weight excluding hydrogens is 368 g/mol. The molecule has 6 nitrogen and oxygen atoms in total. The lowest BCUT2D eigenvalue weighted by Gasteiger charge is -2.20. The Bertz CT molecular complexity index is 936. The van der Waals surface area contributed by atoms with Gasteiger partial charge < -0.3 is 14.6 Å². The molecule has 0 fully saturated rings. The van der Waals surface area contributed by atoms with Gasteiger partial charge in [-0.3, -0.25) is 4.79 Å². The fraction of sp³-hybridized carbons (Fsp3) is 0.261. The average Bonchev–Trinajstić information content (AvgIpc) is 3.20. The van der Waals surface area contributed by atoms with Gasteiger partial charge in [0.15, 0.2) is 5.76 Å². The van der Waals surface area contributed by atoms with E-state index in [-0.39, 0.29) is 24.9 Å². The van der Waals surface area contributed by atoms with Crippen LogP contribution in [0.15, 0.2) is 71.3 Å². The van der Waals surface area contributed by atoms with E-state index in [2.05, 4.69) is 10.5 Å². The normalized spacial score (nSPS) is 11.8. The van der Waals surface area contributed by atoms with Gasteiger partial charge in [-0.2, -0.15) is 0 Å². The Hall–Kier alpha value is -3.41. The van der Waals surface area contributed by atoms with E-state index in [1.165, 1.54) is 0 Å². The fourth-order valence-electron chi connectivity index (χ4n) is 2.86. The molecular formula is C23H24N2O4. The van der Waals surface area contributed by atoms with Crippen LogP contribution in [0.3, 0.4) is 0 Å². The second-order valence-electron chi connectivity index (χ2n) is 7.11. The number of aromatic nitrogens is 1. The maximum atomic E-state index is 12.5. The molecule has 1 aromatic heterocycles. The monoisotopic (exact) mass is 392 g/mol. The van der Waals surface area contributed by atoms with Crippen LogP contribution in [0.25, 0.3) is 11.3 Å². The summed E-state index contributed by atoms with van der Waals surface area (Å²) in [5.41, 5.74) is 2.29. The summed E-state index contributed by atoms with van der Waals surface area (Å²) in [6, 6.07) is 19.9. The predicted molar refractivity (Wildman–Crippen MR) is 109 cm³/mol. The highest BCUT2D eigenvalue weighted by molar-refractivity contribution is 5.85. The van der Waals surface area contributed by atoms with E-state index < -0.39 is 12.0 Å². The van der Waals surface area contributed by atoms with Gasteiger partial charge in [-0.05, 0) is 11.5 Å². The summed E-state index contributed by atoms with van der Waals surface area (Å²) < 4.78 is 10.7. The lowest BCUT2D eigenvalue weighted by molar-refractivity contribution is -0.150. The summed E-state index contributed by atoms with van der Waals surface area (Å²) in [6.45, 7) is 3.70. The molecule has 1 atom stereocenters. The van der Waals surface area contributed by atoms with E-state index in [4.69, 9.17) is 9.26 Å². The molecule has 0 spiro atoms. The fourth-order valence-corrected chi connectivity index (χ4v) is 2.86. The number of esters is 1. The molecule has 2 aromatic carbocycles. The molecule has 0 saturated heterocycles. The van der Waals surface area contributed by atoms with Gasteiger partial charge in [0, 0.05) is 11.6 Å². The number of hydrogen-bond donors (Lipinski definition) is 1. The number of nitrogens with one attached hydrogen (secondary N) is 1. The van der Waals surface area contributed by atoms with E-state index in [0.29, 0.717) is 11.5 Å². The minimum Gasteiger partial charge on any atom is -0.458 e. The summed E-state index contributed by atoms with van der Waals surface area (Å²) in [5.74, 6) is -0.224. The molecule has 1 N–H and O–H groups in total. The molecule has 0 unspecified atom stereocenters. The summed E-state index contributed by atoms with van der Waals surface area (Å²) in [7, 11) is 0. The van der Waals surface area contributed by atoms with Crippen molar-refractivity contribution in [2.45, 2.75) is 32.9 Å². The van der Waals surface area contributed by atoms with Gasteiger partial charge in [0.25, 0.3) is 0 Å². The number of benzene rings is 2. The van der Waals surface area contributed by atoms with Gasteiger partial charge in [0.05, 0.1) is 6.42 Å². The largest absolute Gasteiger partial charge is 0.458 e. The van der Waals surface area contributed by atoms with Crippen molar-refractivity contribution in [3.05, 3.63) is 78.0 Å². The average molecular weight is 392 g/mol. The van der Waals surface area contributed by atoms with Crippen LogP contribution in [0.2, 0.25) is 0 Å². The summed E-state index contributed by atoms with van der Waals surface area (Å²) in [5, 5.41) is 6.72. The molecule has 0 bridgehead atoms. The summed E-state index contributed by atoms with van der Waals surface area (Å²) >= 11 is 0. The molecule has 0 saturated carbocycles. The third kappa shape index (κ3) is 5.78. The highest BCUT2D eigenvalue weighted by atomic mass is 16.5. The third-order valence-electron chi connectivity index (χ3n) is 4.42. The first-order valence-corrected chi connectivity index (χ1v) is 9.54. The number of ether oxygens (including phenoxy) is 1. The van der Waals surface area contributed by atoms with Crippen molar-refractivity contribution in [1.82, 2.24) is 10.5 Å². The number of amides is 1. The lowest BCUT2D eigenvalue weighted by Crippen LogP contribution is -2.45. The van der Waals surface area contributed by atoms with Crippen LogP contribution < -0.4 is 5.32 Å². The molecule has 0 aliphatic heterocycles. The Morgan fingerprint density at radius 3 is 2.34 bits per heavy atom. The van der Waals surface area contributed by atoms with E-state index in [9.17, 15) is 9.59 Å². The number of nitrogens with zero attached hydrogens (tertiary/aromatic N) is 1. The molecule has 6 heteroatoms. The molecule has 3 rings (SSSR count). The van der Waals surface area contributed by atoms with Gasteiger partial charge in [-0.25, -0.2) is 4.79 Å². The minimum absolute atomic E-state index is 0.0209. The van der Waals surface area contributed by atoms with Crippen LogP contribution >= 0.6 is 0 Å². The first-order chi connectivity index (χ1) is 14.0. The maximum Gasteiger partial charge on any atom is 0.329 e. The SMILES string of the molecule is CC(C)[C@@H](NC(=O)Cc1ccccc1)C(=O)OCc1cc(-c2ccccc2)on1. The minimum atomic E-state index is -0.730. The Kier molecular flexibility index (Phi) is 6.79. The molecule has 3 aromatic rings. The predicted octanol–water partition coefficient (Wildman–Crippen LogP) is 3.77. The highest BCUT2D eigenvalue weighted by Gasteiger charge is 2.26. The maximum absolute atomic E-state index is 12.5. The van der Waals surface area contributed by atoms with Crippen LogP contribution in [-0.2, 0) is 27.4 Å². The van der Waals surface area contributed by atoms with Gasteiger partial charge >= 0.3 is 5.97 Å². The highest BCUT2D eigenvalue weighted by Crippen LogP contribution is 2.20. The molecule has 29 heavy (non-hydrogen) atoms. The molecule has 1 heterocycles. The zero-order valence-corrected chi connectivity index (χ0v) is 16.5. The van der Waals surface area contributed by atoms with Crippen LogP contribution in [-0.4, -0.2) is 23.1 Å². The van der Waals surface area contributed by atoms with E-state index in [0.717, 1.165) is 11.1 Å². The van der Waals surface area contributed by atoms with Crippen LogP contribution in [0, 0.1) is 5.92 Å². The Morgan fingerprint density at radius 2 is 1.69 bits per heavy atom. The van der Waals surface area contributed by atoms with Crippen LogP contribution in [0.4, 0.5) is 0 Å². The molecule has 0 aliphatic rings. The van der Waals surface area contributed by atoms with Crippen molar-refractivity contribution in [3.63, 3.8) is 0 Å². The smallest absolute Gasteiger partial charge is 0.329 e. The Morgan fingerprint density at radius 1 is 1.03 bits per heavy atom. The Balaban J connectivity index is 1.56. The first-order valence-electron chi connectivity index (χ1n) is 9.54. The van der Waals surface area contributed by atoms with Crippen molar-refractivity contribution in [1.29, 1.82) is 0 Å². The zero-order chi connectivity index (χ0) is 20.6. The van der Waals surface area contributed by atoms with E-state index in [1.807, 2.05) is 74.5 Å². The molecule has 0 aliphatic carbocycles. The topological polar surface area (TPSA) is 81.4 Å². The van der Waals surface area contributed by atoms with Gasteiger partial charge in [-0.1, -0.05) is 79.7 Å². The molecule has 1 amide bonds. The number of carbonyl (C=O) groups is 2. The second kappa shape index (κ2) is 9.68. The van der Waals surface area contributed by atoms with Crippen molar-refractivity contribution < 1.29 is 18.8 Å². The molecule has 150 valence electrons. The lowest BCUT2D eigenvalue weighted by atomic mass is 10.0. The van der Waals surface area contributed by atoms with E-state index in [1.54, 1.807) is 6.07 Å². The van der Waals surface area contributed by atoms with Crippen molar-refractivity contribution in [2.24, 2.45) is 5.92 Å². The van der Waals surface area contributed by atoms with Crippen molar-refractivity contribution in [3.8, 4) is 11.3 Å². The van der Waals surface area contributed by atoms with Crippen molar-refractivity contribution >= 4 is 11.9 Å². The summed E-state index contributed by atoms with van der Waals surface area (Å²) in [4.78, 5) is 24.8. The number of rotatable bonds is 8. The van der Waals surface area contributed by atoms with Crippen LogP contribution in [0.1, 0.15) is 25.1 Å². The second-order valence-corrected chi connectivity index (χ2v) is 7.11. The molecule has 0 radical (unpaired) electrons. The number of carbonyl (C=O) groups excluding carboxylic acids is 2. The van der Waals surface area contributed by atoms with E-state index >= 15 is 0 Å². The number of hydrogen-bond acceptors (Lipinski definition) is 5. The quantitative estimate of drug-likeness (QED) is 0.590. The zero-order valence-electron chi connectivity index (χ0n) is 16.5.